The topological polar surface area (TPSA) is 76.0 Å². The maximum atomic E-state index is 12.7. The zero-order valence-electron chi connectivity index (χ0n) is 15.9. The third kappa shape index (κ3) is 3.81. The molecule has 0 bridgehead atoms. The van der Waals surface area contributed by atoms with Crippen LogP contribution in [0.5, 0.6) is 0 Å². The van der Waals surface area contributed by atoms with E-state index in [2.05, 4.69) is 15.7 Å². The Hall–Kier alpha value is -3.41. The van der Waals surface area contributed by atoms with Gasteiger partial charge in [-0.05, 0) is 69.2 Å². The van der Waals surface area contributed by atoms with E-state index in [0.717, 1.165) is 29.9 Å². The molecule has 0 radical (unpaired) electrons. The van der Waals surface area contributed by atoms with Crippen LogP contribution in [0.1, 0.15) is 34.6 Å². The first-order chi connectivity index (χ1) is 13.5. The Morgan fingerprint density at radius 1 is 1.00 bits per heavy atom. The predicted octanol–water partition coefficient (Wildman–Crippen LogP) is 4.09. The van der Waals surface area contributed by atoms with Gasteiger partial charge >= 0.3 is 0 Å². The van der Waals surface area contributed by atoms with Gasteiger partial charge in [-0.3, -0.25) is 9.59 Å². The summed E-state index contributed by atoms with van der Waals surface area (Å²) >= 11 is 0. The van der Waals surface area contributed by atoms with Crippen molar-refractivity contribution < 1.29 is 9.59 Å². The number of nitrogens with zero attached hydrogens (tertiary/aromatic N) is 2. The van der Waals surface area contributed by atoms with Crippen LogP contribution in [0.3, 0.4) is 0 Å². The van der Waals surface area contributed by atoms with Crippen LogP contribution in [0.2, 0.25) is 0 Å². The summed E-state index contributed by atoms with van der Waals surface area (Å²) in [6.07, 6.45) is 1.92. The molecule has 28 heavy (non-hydrogen) atoms. The molecule has 1 aromatic heterocycles. The SMILES string of the molecule is Cc1cc(C)n(-c2ccccc2NC(=O)c2ccc(NC(=O)C3CC3)cc2)n1. The number of rotatable bonds is 5. The number of carbonyl (C=O) groups excluding carboxylic acids is 2. The lowest BCUT2D eigenvalue weighted by atomic mass is 10.1. The van der Waals surface area contributed by atoms with E-state index in [1.54, 1.807) is 24.3 Å². The quantitative estimate of drug-likeness (QED) is 0.706. The first-order valence-corrected chi connectivity index (χ1v) is 9.36. The average Bonchev–Trinajstić information content (AvgIpc) is 3.47. The monoisotopic (exact) mass is 374 g/mol. The van der Waals surface area contributed by atoms with E-state index in [1.165, 1.54) is 0 Å². The Balaban J connectivity index is 1.51. The summed E-state index contributed by atoms with van der Waals surface area (Å²) in [5.41, 5.74) is 4.64. The highest BCUT2D eigenvalue weighted by Crippen LogP contribution is 2.30. The lowest BCUT2D eigenvalue weighted by molar-refractivity contribution is -0.117. The van der Waals surface area contributed by atoms with Crippen molar-refractivity contribution in [2.75, 3.05) is 10.6 Å². The van der Waals surface area contributed by atoms with E-state index < -0.39 is 0 Å². The van der Waals surface area contributed by atoms with Crippen molar-refractivity contribution in [3.8, 4) is 5.69 Å². The molecule has 0 saturated heterocycles. The summed E-state index contributed by atoms with van der Waals surface area (Å²) in [5.74, 6) is -0.0149. The van der Waals surface area contributed by atoms with Crippen molar-refractivity contribution >= 4 is 23.2 Å². The molecule has 142 valence electrons. The summed E-state index contributed by atoms with van der Waals surface area (Å²) < 4.78 is 1.82. The number of anilines is 2. The van der Waals surface area contributed by atoms with Gasteiger partial charge in [0.15, 0.2) is 0 Å². The van der Waals surface area contributed by atoms with Crippen LogP contribution in [-0.2, 0) is 4.79 Å². The number of para-hydroxylation sites is 2. The number of carbonyl (C=O) groups is 2. The standard InChI is InChI=1S/C22H22N4O2/c1-14-13-15(2)26(25-14)20-6-4-3-5-19(20)24-22(28)17-9-11-18(12-10-17)23-21(27)16-7-8-16/h3-6,9-13,16H,7-8H2,1-2H3,(H,23,27)(H,24,28). The zero-order valence-corrected chi connectivity index (χ0v) is 15.9. The molecule has 1 heterocycles. The highest BCUT2D eigenvalue weighted by molar-refractivity contribution is 6.05. The summed E-state index contributed by atoms with van der Waals surface area (Å²) in [4.78, 5) is 24.5. The van der Waals surface area contributed by atoms with Crippen LogP contribution in [0.25, 0.3) is 5.69 Å². The third-order valence-electron chi connectivity index (χ3n) is 4.75. The van der Waals surface area contributed by atoms with Gasteiger partial charge in [-0.1, -0.05) is 12.1 Å². The van der Waals surface area contributed by atoms with Crippen LogP contribution < -0.4 is 10.6 Å². The van der Waals surface area contributed by atoms with Gasteiger partial charge in [0, 0.05) is 22.9 Å². The molecule has 1 aliphatic rings. The Labute approximate surface area is 163 Å². The second-order valence-corrected chi connectivity index (χ2v) is 7.15. The Morgan fingerprint density at radius 2 is 1.71 bits per heavy atom. The summed E-state index contributed by atoms with van der Waals surface area (Å²) in [6, 6.07) is 16.5. The van der Waals surface area contributed by atoms with E-state index in [0.29, 0.717) is 16.9 Å². The predicted molar refractivity (Wildman–Crippen MR) is 109 cm³/mol. The molecular weight excluding hydrogens is 352 g/mol. The average molecular weight is 374 g/mol. The second kappa shape index (κ2) is 7.31. The molecule has 2 N–H and O–H groups in total. The van der Waals surface area contributed by atoms with Gasteiger partial charge in [0.05, 0.1) is 17.1 Å². The van der Waals surface area contributed by atoms with Crippen molar-refractivity contribution in [2.45, 2.75) is 26.7 Å². The molecule has 1 saturated carbocycles. The molecule has 1 aliphatic carbocycles. The van der Waals surface area contributed by atoms with Crippen LogP contribution in [-0.4, -0.2) is 21.6 Å². The molecule has 1 fully saturated rings. The van der Waals surface area contributed by atoms with E-state index in [1.807, 2.05) is 48.9 Å². The highest BCUT2D eigenvalue weighted by atomic mass is 16.2. The van der Waals surface area contributed by atoms with Crippen LogP contribution in [0.15, 0.2) is 54.6 Å². The van der Waals surface area contributed by atoms with Crippen molar-refractivity contribution in [3.05, 3.63) is 71.5 Å². The lowest BCUT2D eigenvalue weighted by Crippen LogP contribution is -2.15. The first kappa shape index (κ1) is 18.0. The van der Waals surface area contributed by atoms with E-state index in [-0.39, 0.29) is 17.7 Å². The van der Waals surface area contributed by atoms with Gasteiger partial charge in [-0.25, -0.2) is 4.68 Å². The molecule has 0 aliphatic heterocycles. The Morgan fingerprint density at radius 3 is 2.36 bits per heavy atom. The number of hydrogen-bond acceptors (Lipinski definition) is 3. The first-order valence-electron chi connectivity index (χ1n) is 9.36. The minimum atomic E-state index is -0.214. The van der Waals surface area contributed by atoms with Crippen LogP contribution in [0, 0.1) is 19.8 Å². The van der Waals surface area contributed by atoms with Gasteiger partial charge in [-0.15, -0.1) is 0 Å². The maximum Gasteiger partial charge on any atom is 0.255 e. The number of aryl methyl sites for hydroxylation is 2. The van der Waals surface area contributed by atoms with Gasteiger partial charge in [-0.2, -0.15) is 5.10 Å². The van der Waals surface area contributed by atoms with Gasteiger partial charge in [0.25, 0.3) is 5.91 Å². The molecule has 0 spiro atoms. The molecule has 6 nitrogen and oxygen atoms in total. The highest BCUT2D eigenvalue weighted by Gasteiger charge is 2.29. The van der Waals surface area contributed by atoms with Crippen LogP contribution in [0.4, 0.5) is 11.4 Å². The Kier molecular flexibility index (Phi) is 4.69. The fourth-order valence-corrected chi connectivity index (χ4v) is 3.13. The molecule has 0 atom stereocenters. The molecule has 6 heteroatoms. The fraction of sp³-hybridized carbons (Fsp3) is 0.227. The largest absolute Gasteiger partial charge is 0.326 e. The zero-order chi connectivity index (χ0) is 19.7. The smallest absolute Gasteiger partial charge is 0.255 e. The molecule has 3 aromatic rings. The van der Waals surface area contributed by atoms with Crippen LogP contribution >= 0.6 is 0 Å². The maximum absolute atomic E-state index is 12.7. The van der Waals surface area contributed by atoms with Gasteiger partial charge in [0.2, 0.25) is 5.91 Å². The van der Waals surface area contributed by atoms with E-state index in [4.69, 9.17) is 0 Å². The molecule has 2 aromatic carbocycles. The number of nitrogens with one attached hydrogen (secondary N) is 2. The van der Waals surface area contributed by atoms with Crippen molar-refractivity contribution in [2.24, 2.45) is 5.92 Å². The van der Waals surface area contributed by atoms with Gasteiger partial charge in [0.1, 0.15) is 0 Å². The minimum Gasteiger partial charge on any atom is -0.326 e. The number of aromatic nitrogens is 2. The van der Waals surface area contributed by atoms with Crippen molar-refractivity contribution in [1.82, 2.24) is 9.78 Å². The molecule has 0 unspecified atom stereocenters. The second-order valence-electron chi connectivity index (χ2n) is 7.15. The van der Waals surface area contributed by atoms with E-state index >= 15 is 0 Å². The van der Waals surface area contributed by atoms with E-state index in [9.17, 15) is 9.59 Å². The minimum absolute atomic E-state index is 0.0519. The molecule has 4 rings (SSSR count). The summed E-state index contributed by atoms with van der Waals surface area (Å²) in [5, 5.41) is 10.3. The third-order valence-corrected chi connectivity index (χ3v) is 4.75. The molecular formula is C22H22N4O2. The number of amides is 2. The summed E-state index contributed by atoms with van der Waals surface area (Å²) in [6.45, 7) is 3.92. The fourth-order valence-electron chi connectivity index (χ4n) is 3.13. The van der Waals surface area contributed by atoms with Crippen molar-refractivity contribution in [3.63, 3.8) is 0 Å². The number of benzene rings is 2. The number of hydrogen-bond donors (Lipinski definition) is 2. The van der Waals surface area contributed by atoms with Crippen molar-refractivity contribution in [1.29, 1.82) is 0 Å². The summed E-state index contributed by atoms with van der Waals surface area (Å²) in [7, 11) is 0. The normalized spacial score (nSPS) is 13.2. The lowest BCUT2D eigenvalue weighted by Gasteiger charge is -2.13. The Bertz CT molecular complexity index is 1030. The van der Waals surface area contributed by atoms with Gasteiger partial charge < -0.3 is 10.6 Å². The molecule has 2 amide bonds.